The van der Waals surface area contributed by atoms with E-state index in [4.69, 9.17) is 5.11 Å². The monoisotopic (exact) mass is 319 g/mol. The predicted molar refractivity (Wildman–Crippen MR) is 85.1 cm³/mol. The summed E-state index contributed by atoms with van der Waals surface area (Å²) in [5.41, 5.74) is 1.55. The van der Waals surface area contributed by atoms with Gasteiger partial charge in [0, 0.05) is 25.3 Å². The lowest BCUT2D eigenvalue weighted by atomic mass is 9.90. The van der Waals surface area contributed by atoms with Crippen molar-refractivity contribution in [1.29, 1.82) is 0 Å². The van der Waals surface area contributed by atoms with Gasteiger partial charge < -0.3 is 10.0 Å². The van der Waals surface area contributed by atoms with Crippen LogP contribution in [0.4, 0.5) is 0 Å². The number of rotatable bonds is 4. The van der Waals surface area contributed by atoms with E-state index in [1.807, 2.05) is 16.5 Å². The highest BCUT2D eigenvalue weighted by Gasteiger charge is 2.59. The zero-order chi connectivity index (χ0) is 16.8. The lowest BCUT2D eigenvalue weighted by Crippen LogP contribution is -2.40. The SMILES string of the molecule is Cc1c(C(=O)N2CCC3(CC2)CC3C(=O)O)cnn1CC(C)C. The van der Waals surface area contributed by atoms with Crippen molar-refractivity contribution in [3.05, 3.63) is 17.5 Å². The molecule has 2 fully saturated rings. The molecule has 1 saturated carbocycles. The van der Waals surface area contributed by atoms with Gasteiger partial charge in [0.2, 0.25) is 0 Å². The lowest BCUT2D eigenvalue weighted by molar-refractivity contribution is -0.139. The summed E-state index contributed by atoms with van der Waals surface area (Å²) in [7, 11) is 0. The van der Waals surface area contributed by atoms with E-state index in [0.29, 0.717) is 24.6 Å². The number of likely N-dealkylation sites (tertiary alicyclic amines) is 1. The minimum absolute atomic E-state index is 0.0277. The Morgan fingerprint density at radius 1 is 1.39 bits per heavy atom. The molecule has 6 nitrogen and oxygen atoms in total. The Labute approximate surface area is 136 Å². The first-order chi connectivity index (χ1) is 10.8. The second kappa shape index (κ2) is 5.65. The number of piperidine rings is 1. The second-order valence-corrected chi connectivity index (χ2v) is 7.47. The third-order valence-electron chi connectivity index (χ3n) is 5.41. The highest BCUT2D eigenvalue weighted by molar-refractivity contribution is 5.95. The lowest BCUT2D eigenvalue weighted by Gasteiger charge is -2.32. The van der Waals surface area contributed by atoms with Gasteiger partial charge in [-0.1, -0.05) is 13.8 Å². The smallest absolute Gasteiger partial charge is 0.307 e. The van der Waals surface area contributed by atoms with Crippen LogP contribution in [0.1, 0.15) is 49.2 Å². The molecule has 2 heterocycles. The van der Waals surface area contributed by atoms with Crippen molar-refractivity contribution in [1.82, 2.24) is 14.7 Å². The van der Waals surface area contributed by atoms with Crippen molar-refractivity contribution >= 4 is 11.9 Å². The molecule has 1 aromatic rings. The molecule has 1 unspecified atom stereocenters. The van der Waals surface area contributed by atoms with Crippen LogP contribution in [0.3, 0.4) is 0 Å². The van der Waals surface area contributed by atoms with Crippen molar-refractivity contribution in [2.75, 3.05) is 13.1 Å². The molecule has 0 bridgehead atoms. The Morgan fingerprint density at radius 3 is 2.57 bits per heavy atom. The van der Waals surface area contributed by atoms with Crippen LogP contribution in [0, 0.1) is 24.2 Å². The third kappa shape index (κ3) is 2.86. The molecule has 6 heteroatoms. The molecule has 0 radical (unpaired) electrons. The Hall–Kier alpha value is -1.85. The molecule has 1 atom stereocenters. The summed E-state index contributed by atoms with van der Waals surface area (Å²) in [5.74, 6) is -0.375. The number of nitrogens with zero attached hydrogens (tertiary/aromatic N) is 3. The number of carboxylic acids is 1. The Balaban J connectivity index is 1.64. The fourth-order valence-corrected chi connectivity index (χ4v) is 3.76. The summed E-state index contributed by atoms with van der Waals surface area (Å²) < 4.78 is 1.89. The van der Waals surface area contributed by atoms with E-state index in [-0.39, 0.29) is 17.2 Å². The summed E-state index contributed by atoms with van der Waals surface area (Å²) in [6.07, 6.45) is 4.04. The van der Waals surface area contributed by atoms with Gasteiger partial charge in [0.1, 0.15) is 0 Å². The molecule has 23 heavy (non-hydrogen) atoms. The maximum atomic E-state index is 12.7. The van der Waals surface area contributed by atoms with Crippen LogP contribution in [0.2, 0.25) is 0 Å². The largest absolute Gasteiger partial charge is 0.481 e. The van der Waals surface area contributed by atoms with E-state index in [1.54, 1.807) is 6.20 Å². The number of carbonyl (C=O) groups is 2. The van der Waals surface area contributed by atoms with Crippen LogP contribution in [0.25, 0.3) is 0 Å². The summed E-state index contributed by atoms with van der Waals surface area (Å²) >= 11 is 0. The Kier molecular flexibility index (Phi) is 3.94. The van der Waals surface area contributed by atoms with Gasteiger partial charge in [-0.25, -0.2) is 0 Å². The highest BCUT2D eigenvalue weighted by atomic mass is 16.4. The number of aliphatic carboxylic acids is 1. The standard InChI is InChI=1S/C17H25N3O3/c1-11(2)10-20-12(3)13(9-18-20)15(21)19-6-4-17(5-7-19)8-14(17)16(22)23/h9,11,14H,4-8,10H2,1-3H3,(H,22,23). The minimum Gasteiger partial charge on any atom is -0.481 e. The van der Waals surface area contributed by atoms with Crippen LogP contribution < -0.4 is 0 Å². The number of hydrogen-bond acceptors (Lipinski definition) is 3. The van der Waals surface area contributed by atoms with Crippen molar-refractivity contribution in [3.63, 3.8) is 0 Å². The number of hydrogen-bond donors (Lipinski definition) is 1. The van der Waals surface area contributed by atoms with Gasteiger partial charge in [-0.05, 0) is 37.5 Å². The van der Waals surface area contributed by atoms with Crippen LogP contribution in [0.15, 0.2) is 6.20 Å². The third-order valence-corrected chi connectivity index (χ3v) is 5.41. The molecule has 1 N–H and O–H groups in total. The fourth-order valence-electron chi connectivity index (χ4n) is 3.76. The summed E-state index contributed by atoms with van der Waals surface area (Å²) in [6.45, 7) is 8.30. The van der Waals surface area contributed by atoms with Gasteiger partial charge in [0.05, 0.1) is 17.7 Å². The average molecular weight is 319 g/mol. The first-order valence-electron chi connectivity index (χ1n) is 8.38. The first kappa shape index (κ1) is 16.0. The molecular formula is C17H25N3O3. The quantitative estimate of drug-likeness (QED) is 0.923. The normalized spacial score (nSPS) is 22.6. The maximum absolute atomic E-state index is 12.7. The zero-order valence-electron chi connectivity index (χ0n) is 14.1. The summed E-state index contributed by atoms with van der Waals surface area (Å²) in [4.78, 5) is 25.7. The Bertz CT molecular complexity index is 627. The number of aromatic nitrogens is 2. The predicted octanol–water partition coefficient (Wildman–Crippen LogP) is 2.17. The van der Waals surface area contributed by atoms with Crippen molar-refractivity contribution in [2.24, 2.45) is 17.3 Å². The number of carboxylic acid groups (broad SMARTS) is 1. The first-order valence-corrected chi connectivity index (χ1v) is 8.38. The summed E-state index contributed by atoms with van der Waals surface area (Å²) in [6, 6.07) is 0. The van der Waals surface area contributed by atoms with E-state index in [0.717, 1.165) is 31.5 Å². The van der Waals surface area contributed by atoms with E-state index < -0.39 is 5.97 Å². The molecule has 126 valence electrons. The van der Waals surface area contributed by atoms with Gasteiger partial charge in [-0.3, -0.25) is 14.3 Å². The molecule has 1 amide bonds. The van der Waals surface area contributed by atoms with Gasteiger partial charge in [0.15, 0.2) is 0 Å². The van der Waals surface area contributed by atoms with E-state index >= 15 is 0 Å². The van der Waals surface area contributed by atoms with Crippen LogP contribution >= 0.6 is 0 Å². The molecule has 1 aromatic heterocycles. The van der Waals surface area contributed by atoms with Crippen LogP contribution in [-0.4, -0.2) is 44.8 Å². The molecule has 1 aliphatic heterocycles. The van der Waals surface area contributed by atoms with Crippen molar-refractivity contribution in [3.8, 4) is 0 Å². The highest BCUT2D eigenvalue weighted by Crippen LogP contribution is 2.59. The zero-order valence-corrected chi connectivity index (χ0v) is 14.1. The minimum atomic E-state index is -0.685. The van der Waals surface area contributed by atoms with Gasteiger partial charge in [-0.15, -0.1) is 0 Å². The van der Waals surface area contributed by atoms with E-state index in [2.05, 4.69) is 18.9 Å². The second-order valence-electron chi connectivity index (χ2n) is 7.47. The molecule has 0 aromatic carbocycles. The van der Waals surface area contributed by atoms with Gasteiger partial charge >= 0.3 is 5.97 Å². The molecule has 1 saturated heterocycles. The number of amides is 1. The van der Waals surface area contributed by atoms with Crippen LogP contribution in [-0.2, 0) is 11.3 Å². The fraction of sp³-hybridized carbons (Fsp3) is 0.706. The molecule has 3 rings (SSSR count). The van der Waals surface area contributed by atoms with Gasteiger partial charge in [0.25, 0.3) is 5.91 Å². The molecule has 2 aliphatic rings. The average Bonchev–Trinajstić information content (AvgIpc) is 3.08. The topological polar surface area (TPSA) is 75.4 Å². The van der Waals surface area contributed by atoms with Gasteiger partial charge in [-0.2, -0.15) is 5.10 Å². The molecule has 1 aliphatic carbocycles. The van der Waals surface area contributed by atoms with Crippen molar-refractivity contribution < 1.29 is 14.7 Å². The molecule has 1 spiro atoms. The maximum Gasteiger partial charge on any atom is 0.307 e. The Morgan fingerprint density at radius 2 is 2.04 bits per heavy atom. The van der Waals surface area contributed by atoms with E-state index in [1.165, 1.54) is 0 Å². The molecular weight excluding hydrogens is 294 g/mol. The van der Waals surface area contributed by atoms with E-state index in [9.17, 15) is 9.59 Å². The van der Waals surface area contributed by atoms with Crippen LogP contribution in [0.5, 0.6) is 0 Å². The summed E-state index contributed by atoms with van der Waals surface area (Å²) in [5, 5.41) is 13.5. The van der Waals surface area contributed by atoms with Crippen molar-refractivity contribution in [2.45, 2.75) is 46.6 Å². The number of carbonyl (C=O) groups excluding carboxylic acids is 1.